The van der Waals surface area contributed by atoms with Crippen molar-refractivity contribution in [3.05, 3.63) is 83.0 Å². The number of hydrogen-bond donors (Lipinski definition) is 0. The highest BCUT2D eigenvalue weighted by Gasteiger charge is 2.33. The average Bonchev–Trinajstić information content (AvgIpc) is 3.17. The van der Waals surface area contributed by atoms with Gasteiger partial charge in [0.2, 0.25) is 0 Å². The van der Waals surface area contributed by atoms with Crippen LogP contribution >= 0.6 is 22.9 Å². The summed E-state index contributed by atoms with van der Waals surface area (Å²) in [4.78, 5) is 32.0. The molecule has 0 spiro atoms. The summed E-state index contributed by atoms with van der Waals surface area (Å²) in [6.07, 6.45) is 1.72. The van der Waals surface area contributed by atoms with Crippen molar-refractivity contribution in [3.63, 3.8) is 0 Å². The highest BCUT2D eigenvalue weighted by atomic mass is 35.5. The maximum absolute atomic E-state index is 13.8. The molecule has 37 heavy (non-hydrogen) atoms. The van der Waals surface area contributed by atoms with Crippen molar-refractivity contribution in [1.29, 1.82) is 0 Å². The molecule has 0 unspecified atom stereocenters. The van der Waals surface area contributed by atoms with E-state index in [-0.39, 0.29) is 12.2 Å². The van der Waals surface area contributed by atoms with E-state index in [0.717, 1.165) is 5.56 Å². The number of fused-ring (bicyclic) bond motifs is 1. The first-order valence-electron chi connectivity index (χ1n) is 11.5. The van der Waals surface area contributed by atoms with E-state index in [2.05, 4.69) is 4.99 Å². The van der Waals surface area contributed by atoms with E-state index in [1.807, 2.05) is 25.1 Å². The molecule has 10 heteroatoms. The minimum absolute atomic E-state index is 0.198. The third-order valence-corrected chi connectivity index (χ3v) is 7.28. The van der Waals surface area contributed by atoms with Gasteiger partial charge in [-0.25, -0.2) is 9.79 Å². The van der Waals surface area contributed by atoms with Gasteiger partial charge in [0.1, 0.15) is 5.75 Å². The number of nitrogens with zero attached hydrogens (tertiary/aromatic N) is 2. The standard InChI is InChI=1S/C27H27ClN2O6S/c1-7-36-26(32)22-15(3)29-27-30(23(22)17-9-8-14(2)19(13-17)33-4)25(31)21(37-27)12-16-10-18(28)24(35-6)20(11-16)34-5/h8-13,23H,7H2,1-6H3/b21-12-/t23-/m0/s1. The summed E-state index contributed by atoms with van der Waals surface area (Å²) in [6, 6.07) is 8.31. The monoisotopic (exact) mass is 542 g/mol. The van der Waals surface area contributed by atoms with Crippen LogP contribution in [0.4, 0.5) is 0 Å². The third kappa shape index (κ3) is 4.89. The summed E-state index contributed by atoms with van der Waals surface area (Å²) in [5.41, 5.74) is 2.80. The average molecular weight is 543 g/mol. The Morgan fingerprint density at radius 3 is 2.49 bits per heavy atom. The number of aromatic nitrogens is 1. The van der Waals surface area contributed by atoms with Gasteiger partial charge in [-0.15, -0.1) is 0 Å². The van der Waals surface area contributed by atoms with Gasteiger partial charge in [-0.1, -0.05) is 35.1 Å². The Morgan fingerprint density at radius 1 is 1.11 bits per heavy atom. The number of carbonyl (C=O) groups excluding carboxylic acids is 1. The van der Waals surface area contributed by atoms with E-state index < -0.39 is 12.0 Å². The van der Waals surface area contributed by atoms with Crippen LogP contribution in [0.3, 0.4) is 0 Å². The minimum atomic E-state index is -0.735. The van der Waals surface area contributed by atoms with Crippen LogP contribution in [0.2, 0.25) is 5.02 Å². The van der Waals surface area contributed by atoms with Gasteiger partial charge in [-0.3, -0.25) is 9.36 Å². The molecule has 0 saturated carbocycles. The van der Waals surface area contributed by atoms with Crippen molar-refractivity contribution in [3.8, 4) is 17.2 Å². The molecule has 1 aliphatic heterocycles. The van der Waals surface area contributed by atoms with Crippen LogP contribution in [0.25, 0.3) is 6.08 Å². The topological polar surface area (TPSA) is 88.4 Å². The van der Waals surface area contributed by atoms with E-state index >= 15 is 0 Å². The summed E-state index contributed by atoms with van der Waals surface area (Å²) in [7, 11) is 4.60. The molecule has 2 heterocycles. The fourth-order valence-electron chi connectivity index (χ4n) is 4.29. The van der Waals surface area contributed by atoms with Crippen molar-refractivity contribution >= 4 is 35.0 Å². The highest BCUT2D eigenvalue weighted by Crippen LogP contribution is 2.36. The number of thiazole rings is 1. The molecule has 1 aliphatic rings. The van der Waals surface area contributed by atoms with Gasteiger partial charge in [0.15, 0.2) is 16.3 Å². The number of hydrogen-bond acceptors (Lipinski definition) is 8. The first-order chi connectivity index (χ1) is 17.7. The lowest BCUT2D eigenvalue weighted by Gasteiger charge is -2.25. The first-order valence-corrected chi connectivity index (χ1v) is 12.7. The zero-order valence-corrected chi connectivity index (χ0v) is 23.0. The fourth-order valence-corrected chi connectivity index (χ4v) is 5.63. The zero-order valence-electron chi connectivity index (χ0n) is 21.4. The van der Waals surface area contributed by atoms with Gasteiger partial charge in [0.05, 0.1) is 54.8 Å². The largest absolute Gasteiger partial charge is 0.496 e. The summed E-state index contributed by atoms with van der Waals surface area (Å²) >= 11 is 7.60. The number of aryl methyl sites for hydroxylation is 1. The zero-order chi connectivity index (χ0) is 26.9. The van der Waals surface area contributed by atoms with Crippen LogP contribution in [0.15, 0.2) is 51.4 Å². The van der Waals surface area contributed by atoms with Crippen LogP contribution < -0.4 is 29.1 Å². The molecule has 0 saturated heterocycles. The molecule has 0 amide bonds. The van der Waals surface area contributed by atoms with Crippen LogP contribution in [-0.4, -0.2) is 38.5 Å². The van der Waals surface area contributed by atoms with Crippen LogP contribution in [0, 0.1) is 6.92 Å². The van der Waals surface area contributed by atoms with Crippen molar-refractivity contribution < 1.29 is 23.7 Å². The van der Waals surface area contributed by atoms with Gasteiger partial charge in [-0.2, -0.15) is 0 Å². The molecule has 0 fully saturated rings. The normalized spacial score (nSPS) is 15.2. The SMILES string of the molecule is CCOC(=O)C1=C(C)N=c2s/c(=C\c3cc(Cl)c(OC)c(OC)c3)c(=O)n2[C@H]1c1ccc(C)c(OC)c1. The number of methoxy groups -OCH3 is 3. The van der Waals surface area contributed by atoms with Gasteiger partial charge in [0, 0.05) is 0 Å². The molecular formula is C27H27ClN2O6S. The molecule has 0 bridgehead atoms. The second-order valence-corrected chi connectivity index (χ2v) is 9.69. The number of benzene rings is 2. The van der Waals surface area contributed by atoms with E-state index in [1.54, 1.807) is 39.2 Å². The molecule has 0 N–H and O–H groups in total. The summed E-state index contributed by atoms with van der Waals surface area (Å²) in [5.74, 6) is 0.983. The Morgan fingerprint density at radius 2 is 1.84 bits per heavy atom. The number of carbonyl (C=O) groups is 1. The molecule has 0 radical (unpaired) electrons. The maximum atomic E-state index is 13.8. The molecule has 0 aliphatic carbocycles. The van der Waals surface area contributed by atoms with Crippen LogP contribution in [0.1, 0.15) is 36.6 Å². The fraction of sp³-hybridized carbons (Fsp3) is 0.296. The molecule has 3 aromatic rings. The van der Waals surface area contributed by atoms with Crippen molar-refractivity contribution in [2.75, 3.05) is 27.9 Å². The molecule has 194 valence electrons. The Kier molecular flexibility index (Phi) is 7.75. The highest BCUT2D eigenvalue weighted by molar-refractivity contribution is 7.07. The van der Waals surface area contributed by atoms with Gasteiger partial charge >= 0.3 is 5.97 Å². The number of halogens is 1. The van der Waals surface area contributed by atoms with Gasteiger partial charge in [-0.05, 0) is 61.7 Å². The molecule has 1 atom stereocenters. The number of ether oxygens (including phenoxy) is 4. The lowest BCUT2D eigenvalue weighted by molar-refractivity contribution is -0.139. The maximum Gasteiger partial charge on any atom is 0.338 e. The molecule has 4 rings (SSSR count). The van der Waals surface area contributed by atoms with E-state index in [0.29, 0.717) is 54.0 Å². The predicted molar refractivity (Wildman–Crippen MR) is 143 cm³/mol. The summed E-state index contributed by atoms with van der Waals surface area (Å²) < 4.78 is 23.5. The lowest BCUT2D eigenvalue weighted by Crippen LogP contribution is -2.40. The minimum Gasteiger partial charge on any atom is -0.496 e. The number of rotatable bonds is 7. The third-order valence-electron chi connectivity index (χ3n) is 6.02. The second kappa shape index (κ2) is 10.8. The van der Waals surface area contributed by atoms with Crippen molar-refractivity contribution in [2.45, 2.75) is 26.8 Å². The second-order valence-electron chi connectivity index (χ2n) is 8.27. The predicted octanol–water partition coefficient (Wildman–Crippen LogP) is 3.79. The number of allylic oxidation sites excluding steroid dienone is 1. The van der Waals surface area contributed by atoms with Crippen LogP contribution in [-0.2, 0) is 9.53 Å². The van der Waals surface area contributed by atoms with E-state index in [1.165, 1.54) is 30.1 Å². The number of esters is 1. The van der Waals surface area contributed by atoms with E-state index in [4.69, 9.17) is 30.5 Å². The lowest BCUT2D eigenvalue weighted by atomic mass is 9.95. The summed E-state index contributed by atoms with van der Waals surface area (Å²) in [5, 5.41) is 0.353. The summed E-state index contributed by atoms with van der Waals surface area (Å²) in [6.45, 7) is 5.61. The molecule has 8 nitrogen and oxygen atoms in total. The van der Waals surface area contributed by atoms with Gasteiger partial charge < -0.3 is 18.9 Å². The molecule has 2 aromatic carbocycles. The Labute approximate surface area is 223 Å². The molecule has 1 aromatic heterocycles. The smallest absolute Gasteiger partial charge is 0.338 e. The Balaban J connectivity index is 1.97. The van der Waals surface area contributed by atoms with Crippen LogP contribution in [0.5, 0.6) is 17.2 Å². The van der Waals surface area contributed by atoms with Crippen molar-refractivity contribution in [2.24, 2.45) is 4.99 Å². The van der Waals surface area contributed by atoms with E-state index in [9.17, 15) is 9.59 Å². The molecular weight excluding hydrogens is 516 g/mol. The van der Waals surface area contributed by atoms with Crippen molar-refractivity contribution in [1.82, 2.24) is 4.57 Å². The first kappa shape index (κ1) is 26.5. The van der Waals surface area contributed by atoms with Gasteiger partial charge in [0.25, 0.3) is 5.56 Å². The Hall–Kier alpha value is -3.56. The Bertz CT molecular complexity index is 1590. The quantitative estimate of drug-likeness (QED) is 0.422.